The van der Waals surface area contributed by atoms with Crippen LogP contribution in [0.15, 0.2) is 30.3 Å². The summed E-state index contributed by atoms with van der Waals surface area (Å²) in [5.74, 6) is 4.91. The van der Waals surface area contributed by atoms with E-state index in [1.165, 1.54) is 6.42 Å². The quantitative estimate of drug-likeness (QED) is 0.470. The fourth-order valence-corrected chi connectivity index (χ4v) is 2.81. The van der Waals surface area contributed by atoms with E-state index in [9.17, 15) is 4.79 Å². The highest BCUT2D eigenvalue weighted by Gasteiger charge is 2.23. The molecule has 2 rings (SSSR count). The molecule has 0 saturated carbocycles. The van der Waals surface area contributed by atoms with Gasteiger partial charge >= 0.3 is 0 Å². The monoisotopic (exact) mass is 291 g/mol. The second-order valence-electron chi connectivity index (χ2n) is 5.68. The van der Waals surface area contributed by atoms with Gasteiger partial charge in [-0.3, -0.25) is 10.2 Å². The van der Waals surface area contributed by atoms with Crippen molar-refractivity contribution in [2.24, 2.45) is 5.84 Å². The van der Waals surface area contributed by atoms with E-state index in [2.05, 4.69) is 10.3 Å². The Morgan fingerprint density at radius 2 is 2.19 bits per heavy atom. The fraction of sp³-hybridized carbons (Fsp3) is 0.562. The highest BCUT2D eigenvalue weighted by molar-refractivity contribution is 5.83. The van der Waals surface area contributed by atoms with Crippen LogP contribution in [0, 0.1) is 0 Å². The molecular weight excluding hydrogens is 266 g/mol. The van der Waals surface area contributed by atoms with Gasteiger partial charge in [-0.25, -0.2) is 5.84 Å². The van der Waals surface area contributed by atoms with Crippen LogP contribution in [-0.2, 0) is 9.53 Å². The summed E-state index contributed by atoms with van der Waals surface area (Å²) >= 11 is 0. The van der Waals surface area contributed by atoms with Gasteiger partial charge in [0.2, 0.25) is 5.91 Å². The van der Waals surface area contributed by atoms with E-state index in [1.54, 1.807) is 0 Å². The summed E-state index contributed by atoms with van der Waals surface area (Å²) in [6.45, 7) is 2.33. The number of ether oxygens (including phenoxy) is 1. The summed E-state index contributed by atoms with van der Waals surface area (Å²) in [5, 5.41) is 0. The molecule has 1 aliphatic heterocycles. The Morgan fingerprint density at radius 3 is 2.81 bits per heavy atom. The number of hydrazine groups is 1. The van der Waals surface area contributed by atoms with Crippen molar-refractivity contribution in [2.45, 2.75) is 31.3 Å². The summed E-state index contributed by atoms with van der Waals surface area (Å²) in [6.07, 6.45) is 3.76. The lowest BCUT2D eigenvalue weighted by molar-refractivity contribution is -0.123. The average Bonchev–Trinajstić information content (AvgIpc) is 2.53. The summed E-state index contributed by atoms with van der Waals surface area (Å²) in [6, 6.07) is 9.75. The minimum atomic E-state index is -0.259. The van der Waals surface area contributed by atoms with Crippen molar-refractivity contribution >= 4 is 5.91 Å². The molecule has 0 spiro atoms. The third-order valence-electron chi connectivity index (χ3n) is 3.94. The second kappa shape index (κ2) is 8.12. The summed E-state index contributed by atoms with van der Waals surface area (Å²) in [5.41, 5.74) is 3.26. The van der Waals surface area contributed by atoms with Gasteiger partial charge in [-0.15, -0.1) is 0 Å². The molecule has 116 valence electrons. The predicted octanol–water partition coefficient (Wildman–Crippen LogP) is 1.26. The van der Waals surface area contributed by atoms with Gasteiger partial charge in [-0.05, 0) is 31.9 Å². The van der Waals surface area contributed by atoms with Crippen LogP contribution in [-0.4, -0.2) is 43.7 Å². The van der Waals surface area contributed by atoms with Gasteiger partial charge in [0.05, 0.1) is 12.0 Å². The molecule has 21 heavy (non-hydrogen) atoms. The first-order valence-electron chi connectivity index (χ1n) is 7.56. The minimum absolute atomic E-state index is 0.155. The lowest BCUT2D eigenvalue weighted by Crippen LogP contribution is -2.42. The van der Waals surface area contributed by atoms with Crippen LogP contribution in [0.1, 0.15) is 30.7 Å². The van der Waals surface area contributed by atoms with Crippen LogP contribution in [0.4, 0.5) is 0 Å². The number of carbonyl (C=O) groups is 1. The lowest BCUT2D eigenvalue weighted by atomic mass is 9.97. The van der Waals surface area contributed by atoms with E-state index >= 15 is 0 Å². The van der Waals surface area contributed by atoms with Crippen LogP contribution in [0.5, 0.6) is 0 Å². The maximum Gasteiger partial charge on any atom is 0.242 e. The van der Waals surface area contributed by atoms with Crippen molar-refractivity contribution in [3.63, 3.8) is 0 Å². The zero-order valence-electron chi connectivity index (χ0n) is 12.6. The van der Waals surface area contributed by atoms with Gasteiger partial charge in [0, 0.05) is 19.7 Å². The fourth-order valence-electron chi connectivity index (χ4n) is 2.81. The molecule has 0 bridgehead atoms. The van der Waals surface area contributed by atoms with Crippen molar-refractivity contribution in [3.8, 4) is 0 Å². The van der Waals surface area contributed by atoms with Crippen molar-refractivity contribution in [2.75, 3.05) is 26.7 Å². The summed E-state index contributed by atoms with van der Waals surface area (Å²) in [4.78, 5) is 14.2. The number of nitrogens with two attached hydrogens (primary N) is 1. The Morgan fingerprint density at radius 1 is 1.43 bits per heavy atom. The Kier molecular flexibility index (Phi) is 6.17. The third kappa shape index (κ3) is 4.81. The van der Waals surface area contributed by atoms with Crippen LogP contribution in [0.2, 0.25) is 0 Å². The maximum absolute atomic E-state index is 12.0. The van der Waals surface area contributed by atoms with Gasteiger partial charge in [-0.2, -0.15) is 0 Å². The van der Waals surface area contributed by atoms with E-state index in [0.717, 1.165) is 31.6 Å². The molecule has 1 fully saturated rings. The first-order valence-corrected chi connectivity index (χ1v) is 7.56. The van der Waals surface area contributed by atoms with E-state index in [4.69, 9.17) is 10.6 Å². The number of hydrogen-bond donors (Lipinski definition) is 2. The first-order chi connectivity index (χ1) is 10.2. The van der Waals surface area contributed by atoms with Gasteiger partial charge in [0.1, 0.15) is 0 Å². The molecule has 0 radical (unpaired) electrons. The highest BCUT2D eigenvalue weighted by atomic mass is 16.5. The van der Waals surface area contributed by atoms with E-state index in [1.807, 2.05) is 37.4 Å². The summed E-state index contributed by atoms with van der Waals surface area (Å²) in [7, 11) is 2.03. The molecular formula is C16H25N3O2. The Labute approximate surface area is 126 Å². The molecule has 1 heterocycles. The van der Waals surface area contributed by atoms with Crippen LogP contribution >= 0.6 is 0 Å². The predicted molar refractivity (Wildman–Crippen MR) is 82.6 cm³/mol. The van der Waals surface area contributed by atoms with E-state index in [0.29, 0.717) is 6.54 Å². The average molecular weight is 291 g/mol. The minimum Gasteiger partial charge on any atom is -0.377 e. The normalized spacial score (nSPS) is 20.2. The highest BCUT2D eigenvalue weighted by Crippen LogP contribution is 2.19. The zero-order chi connectivity index (χ0) is 15.1. The lowest BCUT2D eigenvalue weighted by Gasteiger charge is -2.29. The SMILES string of the molecule is CN(CC1CCCCO1)CC(C(=O)NN)c1ccccc1. The third-order valence-corrected chi connectivity index (χ3v) is 3.94. The molecule has 1 saturated heterocycles. The number of rotatable bonds is 6. The molecule has 1 amide bonds. The number of carbonyl (C=O) groups excluding carboxylic acids is 1. The van der Waals surface area contributed by atoms with Gasteiger partial charge in [-0.1, -0.05) is 30.3 Å². The molecule has 2 atom stereocenters. The van der Waals surface area contributed by atoms with Gasteiger partial charge < -0.3 is 9.64 Å². The standard InChI is InChI=1S/C16H25N3O2/c1-19(11-14-9-5-6-10-21-14)12-15(16(20)18-17)13-7-3-2-4-8-13/h2-4,7-8,14-15H,5-6,9-12,17H2,1H3,(H,18,20). The Hall–Kier alpha value is -1.43. The second-order valence-corrected chi connectivity index (χ2v) is 5.68. The number of amides is 1. The van der Waals surface area contributed by atoms with E-state index < -0.39 is 0 Å². The van der Waals surface area contributed by atoms with Crippen LogP contribution in [0.25, 0.3) is 0 Å². The number of hydrogen-bond acceptors (Lipinski definition) is 4. The zero-order valence-corrected chi connectivity index (χ0v) is 12.6. The topological polar surface area (TPSA) is 67.6 Å². The molecule has 2 unspecified atom stereocenters. The number of benzene rings is 1. The number of nitrogens with zero attached hydrogens (tertiary/aromatic N) is 1. The Bertz CT molecular complexity index is 432. The van der Waals surface area contributed by atoms with Crippen molar-refractivity contribution in [1.82, 2.24) is 10.3 Å². The molecule has 1 aromatic carbocycles. The maximum atomic E-state index is 12.0. The van der Waals surface area contributed by atoms with Crippen LogP contribution in [0.3, 0.4) is 0 Å². The van der Waals surface area contributed by atoms with Crippen LogP contribution < -0.4 is 11.3 Å². The van der Waals surface area contributed by atoms with Crippen molar-refractivity contribution < 1.29 is 9.53 Å². The number of nitrogens with one attached hydrogen (secondary N) is 1. The first kappa shape index (κ1) is 15.9. The summed E-state index contributed by atoms with van der Waals surface area (Å²) < 4.78 is 5.76. The van der Waals surface area contributed by atoms with E-state index in [-0.39, 0.29) is 17.9 Å². The molecule has 1 aliphatic rings. The molecule has 0 aliphatic carbocycles. The van der Waals surface area contributed by atoms with Crippen molar-refractivity contribution in [1.29, 1.82) is 0 Å². The number of likely N-dealkylation sites (N-methyl/N-ethyl adjacent to an activating group) is 1. The molecule has 5 heteroatoms. The largest absolute Gasteiger partial charge is 0.377 e. The molecule has 3 N–H and O–H groups in total. The smallest absolute Gasteiger partial charge is 0.242 e. The van der Waals surface area contributed by atoms with Gasteiger partial charge in [0.25, 0.3) is 0 Å². The van der Waals surface area contributed by atoms with Gasteiger partial charge in [0.15, 0.2) is 0 Å². The molecule has 0 aromatic heterocycles. The molecule has 1 aromatic rings. The molecule has 5 nitrogen and oxygen atoms in total. The van der Waals surface area contributed by atoms with Crippen molar-refractivity contribution in [3.05, 3.63) is 35.9 Å². The Balaban J connectivity index is 1.96.